The van der Waals surface area contributed by atoms with E-state index in [-0.39, 0.29) is 11.3 Å². The molecule has 0 spiro atoms. The van der Waals surface area contributed by atoms with E-state index in [1.54, 1.807) is 36.4 Å². The maximum Gasteiger partial charge on any atom is 0.335 e. The number of carbonyl (C=O) groups excluding carboxylic acids is 1. The molecule has 0 aromatic heterocycles. The Bertz CT molecular complexity index is 1120. The summed E-state index contributed by atoms with van der Waals surface area (Å²) >= 11 is 9.67. The Balaban J connectivity index is 1.82. The van der Waals surface area contributed by atoms with Crippen LogP contribution >= 0.6 is 27.5 Å². The Labute approximate surface area is 173 Å². The van der Waals surface area contributed by atoms with Crippen LogP contribution in [0.25, 0.3) is 0 Å². The van der Waals surface area contributed by atoms with Gasteiger partial charge < -0.3 is 5.11 Å². The highest BCUT2D eigenvalue weighted by atomic mass is 79.9. The molecule has 28 heavy (non-hydrogen) atoms. The number of carboxylic acids is 1. The van der Waals surface area contributed by atoms with Crippen molar-refractivity contribution >= 4 is 50.7 Å². The number of fused-ring (bicyclic) bond motifs is 1. The molecule has 2 aliphatic rings. The van der Waals surface area contributed by atoms with Crippen molar-refractivity contribution in [2.45, 2.75) is 6.42 Å². The summed E-state index contributed by atoms with van der Waals surface area (Å²) in [5, 5.41) is 17.9. The number of allylic oxidation sites excluding steroid dienone is 4. The van der Waals surface area contributed by atoms with Crippen LogP contribution in [0.15, 0.2) is 80.4 Å². The van der Waals surface area contributed by atoms with Crippen LogP contribution in [-0.4, -0.2) is 28.3 Å². The highest BCUT2D eigenvalue weighted by Crippen LogP contribution is 2.33. The van der Waals surface area contributed by atoms with Crippen LogP contribution in [0, 0.1) is 0 Å². The van der Waals surface area contributed by atoms with Crippen LogP contribution in [-0.2, 0) is 0 Å². The number of Topliss-reactive ketones (excluding diaryl/α,β-unsaturated/α-hetero) is 1. The first kappa shape index (κ1) is 18.5. The normalized spacial score (nSPS) is 15.2. The van der Waals surface area contributed by atoms with Crippen molar-refractivity contribution in [2.24, 2.45) is 10.2 Å². The number of benzene rings is 2. The van der Waals surface area contributed by atoms with Crippen molar-refractivity contribution in [1.82, 2.24) is 0 Å². The van der Waals surface area contributed by atoms with E-state index in [2.05, 4.69) is 26.1 Å². The lowest BCUT2D eigenvalue weighted by atomic mass is 9.86. The third-order valence-electron chi connectivity index (χ3n) is 4.50. The highest BCUT2D eigenvalue weighted by Gasteiger charge is 2.30. The number of hydrogen-bond donors (Lipinski definition) is 1. The molecule has 1 N–H and O–H groups in total. The fourth-order valence-corrected chi connectivity index (χ4v) is 4.08. The fraction of sp³-hybridized carbons (Fsp3) is 0.0476. The van der Waals surface area contributed by atoms with Gasteiger partial charge in [0.05, 0.1) is 21.9 Å². The van der Waals surface area contributed by atoms with Crippen molar-refractivity contribution in [3.63, 3.8) is 0 Å². The average Bonchev–Trinajstić information content (AvgIpc) is 3.12. The van der Waals surface area contributed by atoms with Crippen LogP contribution in [0.4, 0.5) is 0 Å². The molecular weight excluding hydrogens is 444 g/mol. The maximum atomic E-state index is 13.3. The van der Waals surface area contributed by atoms with E-state index in [0.717, 1.165) is 0 Å². The fourth-order valence-electron chi connectivity index (χ4n) is 3.16. The number of halogens is 2. The Kier molecular flexibility index (Phi) is 4.83. The minimum Gasteiger partial charge on any atom is -0.478 e. The lowest BCUT2D eigenvalue weighted by molar-refractivity contribution is 0.0696. The quantitative estimate of drug-likeness (QED) is 0.652. The van der Waals surface area contributed by atoms with Gasteiger partial charge in [0.2, 0.25) is 0 Å². The molecule has 2 aromatic rings. The number of nitrogens with zero attached hydrogens (tertiary/aromatic N) is 2. The molecule has 1 heterocycles. The molecule has 0 saturated heterocycles. The average molecular weight is 456 g/mol. The molecule has 5 nitrogen and oxygen atoms in total. The summed E-state index contributed by atoms with van der Waals surface area (Å²) in [5.41, 5.74) is 3.61. The molecule has 0 amide bonds. The molecule has 0 bridgehead atoms. The molecule has 0 unspecified atom stereocenters. The van der Waals surface area contributed by atoms with Crippen LogP contribution in [0.2, 0.25) is 5.02 Å². The van der Waals surface area contributed by atoms with Gasteiger partial charge in [-0.2, -0.15) is 5.10 Å². The molecule has 138 valence electrons. The van der Waals surface area contributed by atoms with Gasteiger partial charge in [-0.25, -0.2) is 4.79 Å². The molecule has 0 saturated carbocycles. The number of rotatable bonds is 4. The third kappa shape index (κ3) is 3.15. The summed E-state index contributed by atoms with van der Waals surface area (Å²) in [6, 6.07) is 11.5. The summed E-state index contributed by atoms with van der Waals surface area (Å²) in [6.45, 7) is 0. The Morgan fingerprint density at radius 3 is 2.50 bits per heavy atom. The van der Waals surface area contributed by atoms with Gasteiger partial charge in [0, 0.05) is 27.6 Å². The zero-order chi connectivity index (χ0) is 19.8. The van der Waals surface area contributed by atoms with Crippen LogP contribution in [0.3, 0.4) is 0 Å². The van der Waals surface area contributed by atoms with Crippen molar-refractivity contribution < 1.29 is 14.7 Å². The first-order valence-corrected chi connectivity index (χ1v) is 9.53. The van der Waals surface area contributed by atoms with E-state index in [0.29, 0.717) is 49.6 Å². The Hall–Kier alpha value is -2.83. The van der Waals surface area contributed by atoms with Crippen molar-refractivity contribution in [3.05, 3.63) is 91.9 Å². The van der Waals surface area contributed by atoms with Crippen LogP contribution < -0.4 is 0 Å². The van der Waals surface area contributed by atoms with E-state index in [1.165, 1.54) is 12.1 Å². The third-order valence-corrected chi connectivity index (χ3v) is 5.48. The van der Waals surface area contributed by atoms with Gasteiger partial charge in [-0.1, -0.05) is 42.0 Å². The van der Waals surface area contributed by atoms with Gasteiger partial charge in [0.15, 0.2) is 5.78 Å². The summed E-state index contributed by atoms with van der Waals surface area (Å²) in [7, 11) is 0. The summed E-state index contributed by atoms with van der Waals surface area (Å²) in [4.78, 5) is 24.4. The zero-order valence-corrected chi connectivity index (χ0v) is 16.7. The highest BCUT2D eigenvalue weighted by molar-refractivity contribution is 9.10. The summed E-state index contributed by atoms with van der Waals surface area (Å²) in [6.07, 6.45) is 4.20. The molecule has 0 atom stereocenters. The monoisotopic (exact) mass is 454 g/mol. The second-order valence-corrected chi connectivity index (χ2v) is 7.46. The van der Waals surface area contributed by atoms with Crippen LogP contribution in [0.1, 0.15) is 32.7 Å². The SMILES string of the molecule is O=C(O)c1ccc(C2=NN=C3CC=CC(C(=O)c4c(Cl)cccc4Br)=C32)cc1. The zero-order valence-electron chi connectivity index (χ0n) is 14.3. The minimum atomic E-state index is -1.00. The lowest BCUT2D eigenvalue weighted by Gasteiger charge is -2.16. The smallest absolute Gasteiger partial charge is 0.335 e. The van der Waals surface area contributed by atoms with E-state index in [9.17, 15) is 9.59 Å². The molecule has 0 fully saturated rings. The van der Waals surface area contributed by atoms with E-state index in [1.807, 2.05) is 6.08 Å². The van der Waals surface area contributed by atoms with Crippen molar-refractivity contribution in [2.75, 3.05) is 0 Å². The van der Waals surface area contributed by atoms with Crippen molar-refractivity contribution in [3.8, 4) is 0 Å². The Morgan fingerprint density at radius 2 is 1.82 bits per heavy atom. The maximum absolute atomic E-state index is 13.3. The second kappa shape index (κ2) is 7.30. The van der Waals surface area contributed by atoms with E-state index >= 15 is 0 Å². The largest absolute Gasteiger partial charge is 0.478 e. The van der Waals surface area contributed by atoms with Gasteiger partial charge in [-0.3, -0.25) is 4.79 Å². The standard InChI is InChI=1S/C21H12BrClN2O3/c22-14-4-2-5-15(23)18(14)20(26)13-3-1-6-16-17(13)19(25-24-16)11-7-9-12(10-8-11)21(27)28/h1-5,7-10H,6H2,(H,27,28). The topological polar surface area (TPSA) is 79.1 Å². The molecular formula is C21H12BrClN2O3. The van der Waals surface area contributed by atoms with Gasteiger partial charge in [-0.05, 0) is 40.2 Å². The summed E-state index contributed by atoms with van der Waals surface area (Å²) in [5.74, 6) is -1.23. The molecule has 2 aromatic carbocycles. The van der Waals surface area contributed by atoms with Crippen LogP contribution in [0.5, 0.6) is 0 Å². The predicted molar refractivity (Wildman–Crippen MR) is 112 cm³/mol. The number of carboxylic acid groups (broad SMARTS) is 1. The van der Waals surface area contributed by atoms with Gasteiger partial charge >= 0.3 is 5.97 Å². The van der Waals surface area contributed by atoms with Gasteiger partial charge in [0.1, 0.15) is 5.71 Å². The molecule has 1 aliphatic heterocycles. The summed E-state index contributed by atoms with van der Waals surface area (Å²) < 4.78 is 0.609. The van der Waals surface area contributed by atoms with Gasteiger partial charge in [0.25, 0.3) is 0 Å². The molecule has 7 heteroatoms. The lowest BCUT2D eigenvalue weighted by Crippen LogP contribution is -2.19. The van der Waals surface area contributed by atoms with Crippen molar-refractivity contribution in [1.29, 1.82) is 0 Å². The first-order valence-electron chi connectivity index (χ1n) is 8.36. The Morgan fingerprint density at radius 1 is 1.07 bits per heavy atom. The molecule has 1 aliphatic carbocycles. The van der Waals surface area contributed by atoms with E-state index < -0.39 is 5.97 Å². The number of aromatic carboxylic acids is 1. The minimum absolute atomic E-state index is 0.178. The number of ketones is 1. The number of hydrogen-bond acceptors (Lipinski definition) is 4. The second-order valence-electron chi connectivity index (χ2n) is 6.20. The molecule has 0 radical (unpaired) electrons. The number of carbonyl (C=O) groups is 2. The van der Waals surface area contributed by atoms with E-state index in [4.69, 9.17) is 16.7 Å². The van der Waals surface area contributed by atoms with Gasteiger partial charge in [-0.15, -0.1) is 5.10 Å². The predicted octanol–water partition coefficient (Wildman–Crippen LogP) is 5.10. The molecule has 4 rings (SSSR count). The first-order chi connectivity index (χ1) is 13.5.